The lowest BCUT2D eigenvalue weighted by Gasteiger charge is -2.04. The highest BCUT2D eigenvalue weighted by molar-refractivity contribution is 14.1. The van der Waals surface area contributed by atoms with E-state index < -0.39 is 0 Å². The number of benzene rings is 1. The minimum Gasteiger partial charge on any atom is -0.426 e. The fraction of sp³-hybridized carbons (Fsp3) is 0.222. The van der Waals surface area contributed by atoms with Crippen LogP contribution >= 0.6 is 22.6 Å². The van der Waals surface area contributed by atoms with Gasteiger partial charge in [0.15, 0.2) is 0 Å². The first-order valence-corrected chi connectivity index (χ1v) is 4.97. The van der Waals surface area contributed by atoms with Crippen LogP contribution in [0.5, 0.6) is 5.75 Å². The minimum absolute atomic E-state index is 0.236. The van der Waals surface area contributed by atoms with Crippen molar-refractivity contribution < 1.29 is 9.53 Å². The molecule has 4 heteroatoms. The van der Waals surface area contributed by atoms with Gasteiger partial charge in [-0.05, 0) is 40.8 Å². The van der Waals surface area contributed by atoms with Gasteiger partial charge >= 0.3 is 5.97 Å². The summed E-state index contributed by atoms with van der Waals surface area (Å²) in [7, 11) is 0. The van der Waals surface area contributed by atoms with E-state index in [1.54, 1.807) is 25.1 Å². The number of carbonyl (C=O) groups is 1. The first-order valence-electron chi connectivity index (χ1n) is 3.89. The molecule has 0 aliphatic heterocycles. The summed E-state index contributed by atoms with van der Waals surface area (Å²) in [5, 5.41) is 0. The largest absolute Gasteiger partial charge is 0.426 e. The number of halogens is 1. The van der Waals surface area contributed by atoms with Crippen LogP contribution in [-0.4, -0.2) is 5.97 Å². The normalized spacial score (nSPS) is 9.69. The van der Waals surface area contributed by atoms with Crippen molar-refractivity contribution >= 4 is 34.2 Å². The van der Waals surface area contributed by atoms with Gasteiger partial charge in [-0.2, -0.15) is 0 Å². The molecule has 0 heterocycles. The number of nitrogens with two attached hydrogens (primary N) is 1. The maximum atomic E-state index is 10.9. The van der Waals surface area contributed by atoms with Gasteiger partial charge < -0.3 is 10.5 Å². The molecule has 0 saturated heterocycles. The number of anilines is 1. The highest BCUT2D eigenvalue weighted by Gasteiger charge is 2.03. The zero-order valence-corrected chi connectivity index (χ0v) is 9.37. The van der Waals surface area contributed by atoms with E-state index in [0.29, 0.717) is 17.9 Å². The van der Waals surface area contributed by atoms with Crippen molar-refractivity contribution in [3.05, 3.63) is 21.8 Å². The van der Waals surface area contributed by atoms with Crippen LogP contribution in [0.15, 0.2) is 18.2 Å². The Morgan fingerprint density at radius 1 is 1.62 bits per heavy atom. The Morgan fingerprint density at radius 3 is 2.85 bits per heavy atom. The van der Waals surface area contributed by atoms with E-state index in [1.165, 1.54) is 0 Å². The van der Waals surface area contributed by atoms with Crippen molar-refractivity contribution in [3.8, 4) is 5.75 Å². The van der Waals surface area contributed by atoms with Crippen molar-refractivity contribution in [1.29, 1.82) is 0 Å². The SMILES string of the molecule is CCC(=O)Oc1ccc(N)c(I)c1. The molecule has 2 N–H and O–H groups in total. The molecule has 0 bridgehead atoms. The summed E-state index contributed by atoms with van der Waals surface area (Å²) < 4.78 is 5.89. The van der Waals surface area contributed by atoms with Crippen LogP contribution < -0.4 is 10.5 Å². The standard InChI is InChI=1S/C9H10INO2/c1-2-9(12)13-6-3-4-8(11)7(10)5-6/h3-5H,2,11H2,1H3. The molecule has 0 aromatic heterocycles. The monoisotopic (exact) mass is 291 g/mol. The van der Waals surface area contributed by atoms with Crippen LogP contribution in [0.1, 0.15) is 13.3 Å². The Morgan fingerprint density at radius 2 is 2.31 bits per heavy atom. The first-order chi connectivity index (χ1) is 6.13. The van der Waals surface area contributed by atoms with E-state index in [1.807, 2.05) is 0 Å². The van der Waals surface area contributed by atoms with Crippen molar-refractivity contribution in [2.24, 2.45) is 0 Å². The van der Waals surface area contributed by atoms with Crippen LogP contribution in [0.2, 0.25) is 0 Å². The maximum absolute atomic E-state index is 10.9. The quantitative estimate of drug-likeness (QED) is 0.393. The number of esters is 1. The second-order valence-electron chi connectivity index (χ2n) is 2.51. The smallest absolute Gasteiger partial charge is 0.310 e. The molecule has 0 unspecified atom stereocenters. The van der Waals surface area contributed by atoms with E-state index in [2.05, 4.69) is 22.6 Å². The number of hydrogen-bond acceptors (Lipinski definition) is 3. The average molecular weight is 291 g/mol. The summed E-state index contributed by atoms with van der Waals surface area (Å²) in [6, 6.07) is 5.15. The van der Waals surface area contributed by atoms with Crippen LogP contribution in [0.4, 0.5) is 5.69 Å². The van der Waals surface area contributed by atoms with Crippen LogP contribution in [0.3, 0.4) is 0 Å². The minimum atomic E-state index is -0.236. The third-order valence-corrected chi connectivity index (χ3v) is 2.43. The molecule has 0 radical (unpaired) electrons. The molecule has 1 aromatic rings. The summed E-state index contributed by atoms with van der Waals surface area (Å²) in [5.74, 6) is 0.311. The molecule has 0 fully saturated rings. The zero-order chi connectivity index (χ0) is 9.84. The van der Waals surface area contributed by atoms with E-state index in [9.17, 15) is 4.79 Å². The predicted molar refractivity (Wildman–Crippen MR) is 59.5 cm³/mol. The molecule has 0 spiro atoms. The fourth-order valence-electron chi connectivity index (χ4n) is 0.775. The molecule has 3 nitrogen and oxygen atoms in total. The van der Waals surface area contributed by atoms with Crippen molar-refractivity contribution in [2.75, 3.05) is 5.73 Å². The number of nitrogen functional groups attached to an aromatic ring is 1. The molecule has 0 aliphatic carbocycles. The van der Waals surface area contributed by atoms with Gasteiger partial charge in [-0.1, -0.05) is 6.92 Å². The first kappa shape index (κ1) is 10.3. The van der Waals surface area contributed by atoms with Crippen LogP contribution in [-0.2, 0) is 4.79 Å². The van der Waals surface area contributed by atoms with Crippen LogP contribution in [0.25, 0.3) is 0 Å². The molecular weight excluding hydrogens is 281 g/mol. The van der Waals surface area contributed by atoms with Gasteiger partial charge in [-0.3, -0.25) is 4.79 Å². The Labute approximate surface area is 90.4 Å². The number of ether oxygens (including phenoxy) is 1. The van der Waals surface area contributed by atoms with Gasteiger partial charge in [0.2, 0.25) is 0 Å². The van der Waals surface area contributed by atoms with Crippen molar-refractivity contribution in [3.63, 3.8) is 0 Å². The van der Waals surface area contributed by atoms with Gasteiger partial charge in [0.25, 0.3) is 0 Å². The Bertz CT molecular complexity index is 325. The Balaban J connectivity index is 2.79. The molecule has 1 rings (SSSR count). The predicted octanol–water partition coefficient (Wildman–Crippen LogP) is 2.19. The summed E-state index contributed by atoms with van der Waals surface area (Å²) in [6.45, 7) is 1.75. The second kappa shape index (κ2) is 4.45. The van der Waals surface area contributed by atoms with Crippen LogP contribution in [0, 0.1) is 3.57 Å². The third-order valence-electron chi connectivity index (χ3n) is 1.49. The third kappa shape index (κ3) is 2.87. The summed E-state index contributed by atoms with van der Waals surface area (Å²) in [5.41, 5.74) is 6.30. The van der Waals surface area contributed by atoms with Gasteiger partial charge in [0.1, 0.15) is 5.75 Å². The van der Waals surface area contributed by atoms with E-state index in [4.69, 9.17) is 10.5 Å². The van der Waals surface area contributed by atoms with Crippen molar-refractivity contribution in [1.82, 2.24) is 0 Å². The molecule has 0 aliphatic rings. The molecule has 1 aromatic carbocycles. The number of carbonyl (C=O) groups excluding carboxylic acids is 1. The summed E-state index contributed by atoms with van der Waals surface area (Å²) in [4.78, 5) is 10.9. The second-order valence-corrected chi connectivity index (χ2v) is 3.67. The van der Waals surface area contributed by atoms with Gasteiger partial charge in [0.05, 0.1) is 0 Å². The van der Waals surface area contributed by atoms with E-state index in [-0.39, 0.29) is 5.97 Å². The molecular formula is C9H10INO2. The lowest BCUT2D eigenvalue weighted by atomic mass is 10.3. The Hall–Kier alpha value is -0.780. The molecule has 0 atom stereocenters. The topological polar surface area (TPSA) is 52.3 Å². The Kier molecular flexibility index (Phi) is 3.53. The fourth-order valence-corrected chi connectivity index (χ4v) is 1.26. The van der Waals surface area contributed by atoms with Crippen molar-refractivity contribution in [2.45, 2.75) is 13.3 Å². The number of hydrogen-bond donors (Lipinski definition) is 1. The molecule has 70 valence electrons. The lowest BCUT2D eigenvalue weighted by Crippen LogP contribution is -2.05. The summed E-state index contributed by atoms with van der Waals surface area (Å²) in [6.07, 6.45) is 0.376. The summed E-state index contributed by atoms with van der Waals surface area (Å²) >= 11 is 2.09. The molecule has 13 heavy (non-hydrogen) atoms. The highest BCUT2D eigenvalue weighted by atomic mass is 127. The van der Waals surface area contributed by atoms with E-state index >= 15 is 0 Å². The van der Waals surface area contributed by atoms with E-state index in [0.717, 1.165) is 3.57 Å². The van der Waals surface area contributed by atoms with Gasteiger partial charge in [-0.15, -0.1) is 0 Å². The maximum Gasteiger partial charge on any atom is 0.310 e. The molecule has 0 saturated carbocycles. The molecule has 0 amide bonds. The average Bonchev–Trinajstić information content (AvgIpc) is 2.11. The van der Waals surface area contributed by atoms with Gasteiger partial charge in [0, 0.05) is 15.7 Å². The van der Waals surface area contributed by atoms with Gasteiger partial charge in [-0.25, -0.2) is 0 Å². The zero-order valence-electron chi connectivity index (χ0n) is 7.21. The highest BCUT2D eigenvalue weighted by Crippen LogP contribution is 2.21. The number of rotatable bonds is 2. The lowest BCUT2D eigenvalue weighted by molar-refractivity contribution is -0.134.